The lowest BCUT2D eigenvalue weighted by Gasteiger charge is -2.16. The minimum absolute atomic E-state index is 0.284. The number of thioether (sulfide) groups is 1. The zero-order chi connectivity index (χ0) is 18.8. The molecule has 0 spiro atoms. The standard InChI is InChI=1S/C20H18FN3O2S/c1-13(26-15-8-6-14(21)7-9-15)19(25)22-17-5-3-2-4-16(17)18-12-24-10-11-27-20(24)23-18/h2-9,12-13H,10-11H2,1H3,(H,22,25). The molecule has 1 aliphatic rings. The average Bonchev–Trinajstić information content (AvgIpc) is 3.26. The van der Waals surface area contributed by atoms with E-state index in [4.69, 9.17) is 4.74 Å². The molecule has 1 aromatic heterocycles. The van der Waals surface area contributed by atoms with Gasteiger partial charge in [-0.2, -0.15) is 0 Å². The van der Waals surface area contributed by atoms with Gasteiger partial charge in [0, 0.05) is 24.1 Å². The van der Waals surface area contributed by atoms with E-state index in [2.05, 4.69) is 14.9 Å². The number of aryl methyl sites for hydroxylation is 1. The molecule has 3 aromatic rings. The highest BCUT2D eigenvalue weighted by atomic mass is 32.2. The summed E-state index contributed by atoms with van der Waals surface area (Å²) in [6, 6.07) is 13.1. The number of nitrogens with zero attached hydrogens (tertiary/aromatic N) is 2. The molecular weight excluding hydrogens is 365 g/mol. The highest BCUT2D eigenvalue weighted by molar-refractivity contribution is 7.99. The lowest BCUT2D eigenvalue weighted by Crippen LogP contribution is -2.30. The van der Waals surface area contributed by atoms with Crippen molar-refractivity contribution >= 4 is 23.4 Å². The number of hydrogen-bond acceptors (Lipinski definition) is 4. The summed E-state index contributed by atoms with van der Waals surface area (Å²) in [4.78, 5) is 17.2. The summed E-state index contributed by atoms with van der Waals surface area (Å²) in [5, 5.41) is 3.91. The van der Waals surface area contributed by atoms with Crippen LogP contribution in [0.2, 0.25) is 0 Å². The van der Waals surface area contributed by atoms with Crippen molar-refractivity contribution in [1.82, 2.24) is 9.55 Å². The summed E-state index contributed by atoms with van der Waals surface area (Å²) in [5.41, 5.74) is 2.38. The molecule has 1 N–H and O–H groups in total. The van der Waals surface area contributed by atoms with Crippen LogP contribution < -0.4 is 10.1 Å². The van der Waals surface area contributed by atoms with Crippen molar-refractivity contribution in [3.63, 3.8) is 0 Å². The molecule has 0 saturated carbocycles. The van der Waals surface area contributed by atoms with Crippen molar-refractivity contribution in [3.05, 3.63) is 60.5 Å². The number of rotatable bonds is 5. The van der Waals surface area contributed by atoms with Crippen molar-refractivity contribution in [2.75, 3.05) is 11.1 Å². The normalized spacial score (nSPS) is 13.9. The molecule has 1 amide bonds. The maximum absolute atomic E-state index is 13.0. The number of imidazole rings is 1. The fourth-order valence-electron chi connectivity index (χ4n) is 2.86. The number of para-hydroxylation sites is 1. The number of halogens is 1. The number of fused-ring (bicyclic) bond motifs is 1. The van der Waals surface area contributed by atoms with E-state index in [0.717, 1.165) is 28.7 Å². The van der Waals surface area contributed by atoms with Gasteiger partial charge in [0.1, 0.15) is 11.6 Å². The molecule has 7 heteroatoms. The molecule has 1 atom stereocenters. The minimum atomic E-state index is -0.730. The molecule has 0 radical (unpaired) electrons. The summed E-state index contributed by atoms with van der Waals surface area (Å²) in [5.74, 6) is 0.848. The zero-order valence-electron chi connectivity index (χ0n) is 14.7. The van der Waals surface area contributed by atoms with Crippen molar-refractivity contribution in [2.24, 2.45) is 0 Å². The van der Waals surface area contributed by atoms with E-state index in [1.165, 1.54) is 24.3 Å². The Bertz CT molecular complexity index is 950. The summed E-state index contributed by atoms with van der Waals surface area (Å²) >= 11 is 1.73. The minimum Gasteiger partial charge on any atom is -0.481 e. The third-order valence-electron chi connectivity index (χ3n) is 4.26. The molecule has 0 fully saturated rings. The number of hydrogen-bond donors (Lipinski definition) is 1. The van der Waals surface area contributed by atoms with E-state index in [-0.39, 0.29) is 11.7 Å². The van der Waals surface area contributed by atoms with Gasteiger partial charge in [0.15, 0.2) is 11.3 Å². The van der Waals surface area contributed by atoms with E-state index < -0.39 is 6.10 Å². The number of amides is 1. The Kier molecular flexibility index (Phi) is 4.85. The molecule has 0 bridgehead atoms. The van der Waals surface area contributed by atoms with Crippen LogP contribution in [0.4, 0.5) is 10.1 Å². The quantitative estimate of drug-likeness (QED) is 0.717. The fraction of sp³-hybridized carbons (Fsp3) is 0.200. The third kappa shape index (κ3) is 3.83. The van der Waals surface area contributed by atoms with Gasteiger partial charge >= 0.3 is 0 Å². The molecule has 0 saturated heterocycles. The van der Waals surface area contributed by atoms with Gasteiger partial charge in [-0.1, -0.05) is 30.0 Å². The highest BCUT2D eigenvalue weighted by Gasteiger charge is 2.20. The third-order valence-corrected chi connectivity index (χ3v) is 5.23. The molecule has 2 heterocycles. The van der Waals surface area contributed by atoms with Gasteiger partial charge in [-0.15, -0.1) is 0 Å². The lowest BCUT2D eigenvalue weighted by atomic mass is 10.1. The summed E-state index contributed by atoms with van der Waals surface area (Å²) in [6.45, 7) is 2.60. The first kappa shape index (κ1) is 17.6. The summed E-state index contributed by atoms with van der Waals surface area (Å²) < 4.78 is 20.7. The fourth-order valence-corrected chi connectivity index (χ4v) is 3.80. The topological polar surface area (TPSA) is 56.1 Å². The SMILES string of the molecule is CC(Oc1ccc(F)cc1)C(=O)Nc1ccccc1-c1cn2c(n1)SCC2. The highest BCUT2D eigenvalue weighted by Crippen LogP contribution is 2.32. The van der Waals surface area contributed by atoms with Crippen LogP contribution in [-0.4, -0.2) is 27.3 Å². The van der Waals surface area contributed by atoms with Crippen molar-refractivity contribution in [1.29, 1.82) is 0 Å². The van der Waals surface area contributed by atoms with Crippen LogP contribution >= 0.6 is 11.8 Å². The summed E-state index contributed by atoms with van der Waals surface area (Å²) in [7, 11) is 0. The largest absolute Gasteiger partial charge is 0.481 e. The van der Waals surface area contributed by atoms with Crippen LogP contribution in [0.5, 0.6) is 5.75 Å². The molecule has 138 valence electrons. The van der Waals surface area contributed by atoms with Gasteiger partial charge in [0.2, 0.25) is 0 Å². The zero-order valence-corrected chi connectivity index (χ0v) is 15.5. The van der Waals surface area contributed by atoms with E-state index in [1.807, 2.05) is 30.5 Å². The molecule has 2 aromatic carbocycles. The molecule has 1 unspecified atom stereocenters. The van der Waals surface area contributed by atoms with Crippen LogP contribution in [0.3, 0.4) is 0 Å². The van der Waals surface area contributed by atoms with Gasteiger partial charge in [-0.05, 0) is 37.3 Å². The van der Waals surface area contributed by atoms with Crippen molar-refractivity contribution < 1.29 is 13.9 Å². The second-order valence-corrected chi connectivity index (χ2v) is 7.26. The van der Waals surface area contributed by atoms with Crippen LogP contribution in [-0.2, 0) is 11.3 Å². The smallest absolute Gasteiger partial charge is 0.265 e. The van der Waals surface area contributed by atoms with Crippen LogP contribution in [0.25, 0.3) is 11.3 Å². The second-order valence-electron chi connectivity index (χ2n) is 6.20. The van der Waals surface area contributed by atoms with Gasteiger partial charge in [0.25, 0.3) is 5.91 Å². The number of anilines is 1. The lowest BCUT2D eigenvalue weighted by molar-refractivity contribution is -0.122. The molecule has 27 heavy (non-hydrogen) atoms. The molecule has 0 aliphatic carbocycles. The number of carbonyl (C=O) groups excluding carboxylic acids is 1. The van der Waals surface area contributed by atoms with Gasteiger partial charge in [0.05, 0.1) is 11.4 Å². The van der Waals surface area contributed by atoms with Gasteiger partial charge in [-0.3, -0.25) is 4.79 Å². The number of nitrogens with one attached hydrogen (secondary N) is 1. The first-order valence-electron chi connectivity index (χ1n) is 8.62. The van der Waals surface area contributed by atoms with Crippen LogP contribution in [0.15, 0.2) is 59.9 Å². The van der Waals surface area contributed by atoms with E-state index in [0.29, 0.717) is 11.4 Å². The Balaban J connectivity index is 1.50. The first-order valence-corrected chi connectivity index (χ1v) is 9.61. The Morgan fingerprint density at radius 1 is 1.26 bits per heavy atom. The Hall–Kier alpha value is -2.80. The van der Waals surface area contributed by atoms with Gasteiger partial charge in [-0.25, -0.2) is 9.37 Å². The predicted octanol–water partition coefficient (Wildman–Crippen LogP) is 4.20. The van der Waals surface area contributed by atoms with Crippen molar-refractivity contribution in [3.8, 4) is 17.0 Å². The number of carbonyl (C=O) groups is 1. The molecule has 4 rings (SSSR count). The Morgan fingerprint density at radius 3 is 2.81 bits per heavy atom. The average molecular weight is 383 g/mol. The van der Waals surface area contributed by atoms with Crippen LogP contribution in [0, 0.1) is 5.82 Å². The number of aromatic nitrogens is 2. The van der Waals surface area contributed by atoms with Crippen molar-refractivity contribution in [2.45, 2.75) is 24.7 Å². The second kappa shape index (κ2) is 7.44. The number of ether oxygens (including phenoxy) is 1. The summed E-state index contributed by atoms with van der Waals surface area (Å²) in [6.07, 6.45) is 1.28. The molecule has 5 nitrogen and oxygen atoms in total. The Morgan fingerprint density at radius 2 is 2.04 bits per heavy atom. The molecular formula is C20H18FN3O2S. The van der Waals surface area contributed by atoms with E-state index in [9.17, 15) is 9.18 Å². The van der Waals surface area contributed by atoms with Crippen LogP contribution in [0.1, 0.15) is 6.92 Å². The predicted molar refractivity (Wildman–Crippen MR) is 104 cm³/mol. The maximum atomic E-state index is 13.0. The van der Waals surface area contributed by atoms with E-state index >= 15 is 0 Å². The number of benzene rings is 2. The maximum Gasteiger partial charge on any atom is 0.265 e. The first-order chi connectivity index (χ1) is 13.1. The molecule has 1 aliphatic heterocycles. The monoisotopic (exact) mass is 383 g/mol. The van der Waals surface area contributed by atoms with E-state index in [1.54, 1.807) is 18.7 Å². The van der Waals surface area contributed by atoms with Gasteiger partial charge < -0.3 is 14.6 Å². The Labute approximate surface area is 160 Å².